The van der Waals surface area contributed by atoms with E-state index in [1.807, 2.05) is 60.7 Å². The quantitative estimate of drug-likeness (QED) is 0.778. The molecule has 0 saturated carbocycles. The standard InChI is InChI=1S/C17H16N2O2/c18-11-15-10-17(21-19-15)14-6-8-16(9-7-14)20-12-13-4-2-1-3-5-13/h1-10H,11-12,18H2. The molecule has 4 heteroatoms. The Balaban J connectivity index is 1.66. The highest BCUT2D eigenvalue weighted by Gasteiger charge is 2.05. The predicted octanol–water partition coefficient (Wildman–Crippen LogP) is 3.38. The molecule has 1 heterocycles. The third kappa shape index (κ3) is 3.30. The maximum atomic E-state index is 5.74. The van der Waals surface area contributed by atoms with Crippen molar-refractivity contribution in [3.8, 4) is 17.1 Å². The van der Waals surface area contributed by atoms with Crippen LogP contribution in [0.25, 0.3) is 11.3 Å². The second-order valence-electron chi connectivity index (χ2n) is 4.69. The predicted molar refractivity (Wildman–Crippen MR) is 80.6 cm³/mol. The first-order valence-electron chi connectivity index (χ1n) is 6.78. The summed E-state index contributed by atoms with van der Waals surface area (Å²) in [4.78, 5) is 0. The number of hydrogen-bond acceptors (Lipinski definition) is 4. The summed E-state index contributed by atoms with van der Waals surface area (Å²) >= 11 is 0. The van der Waals surface area contributed by atoms with Crippen molar-refractivity contribution in [2.75, 3.05) is 0 Å². The molecular formula is C17H16N2O2. The first-order valence-corrected chi connectivity index (χ1v) is 6.78. The number of aromatic nitrogens is 1. The van der Waals surface area contributed by atoms with Crippen LogP contribution in [0.2, 0.25) is 0 Å². The number of rotatable bonds is 5. The largest absolute Gasteiger partial charge is 0.489 e. The molecule has 0 spiro atoms. The second kappa shape index (κ2) is 6.24. The molecule has 0 amide bonds. The molecule has 0 aliphatic rings. The van der Waals surface area contributed by atoms with E-state index >= 15 is 0 Å². The fourth-order valence-corrected chi connectivity index (χ4v) is 2.00. The molecule has 0 bridgehead atoms. The van der Waals surface area contributed by atoms with Gasteiger partial charge in [0.2, 0.25) is 0 Å². The lowest BCUT2D eigenvalue weighted by molar-refractivity contribution is 0.306. The monoisotopic (exact) mass is 280 g/mol. The number of benzene rings is 2. The normalized spacial score (nSPS) is 10.5. The van der Waals surface area contributed by atoms with E-state index < -0.39 is 0 Å². The van der Waals surface area contributed by atoms with Gasteiger partial charge in [-0.3, -0.25) is 0 Å². The van der Waals surface area contributed by atoms with Gasteiger partial charge in [-0.25, -0.2) is 0 Å². The van der Waals surface area contributed by atoms with Crippen molar-refractivity contribution in [2.24, 2.45) is 5.73 Å². The van der Waals surface area contributed by atoms with Gasteiger partial charge in [-0.15, -0.1) is 0 Å². The smallest absolute Gasteiger partial charge is 0.167 e. The average molecular weight is 280 g/mol. The zero-order valence-corrected chi connectivity index (χ0v) is 11.5. The lowest BCUT2D eigenvalue weighted by Gasteiger charge is -2.06. The summed E-state index contributed by atoms with van der Waals surface area (Å²) in [7, 11) is 0. The van der Waals surface area contributed by atoms with Crippen molar-refractivity contribution in [2.45, 2.75) is 13.2 Å². The van der Waals surface area contributed by atoms with Crippen molar-refractivity contribution >= 4 is 0 Å². The van der Waals surface area contributed by atoms with Gasteiger partial charge in [0.25, 0.3) is 0 Å². The Morgan fingerprint density at radius 2 is 1.76 bits per heavy atom. The second-order valence-corrected chi connectivity index (χ2v) is 4.69. The van der Waals surface area contributed by atoms with Crippen molar-refractivity contribution in [1.82, 2.24) is 5.16 Å². The van der Waals surface area contributed by atoms with Gasteiger partial charge in [-0.2, -0.15) is 0 Å². The van der Waals surface area contributed by atoms with Crippen molar-refractivity contribution in [3.05, 3.63) is 71.9 Å². The molecule has 0 aliphatic heterocycles. The van der Waals surface area contributed by atoms with Gasteiger partial charge in [0.1, 0.15) is 12.4 Å². The Bertz CT molecular complexity index is 690. The van der Waals surface area contributed by atoms with Crippen LogP contribution in [0.5, 0.6) is 5.75 Å². The summed E-state index contributed by atoms with van der Waals surface area (Å²) in [6.45, 7) is 0.932. The summed E-state index contributed by atoms with van der Waals surface area (Å²) < 4.78 is 11.0. The number of ether oxygens (including phenoxy) is 1. The van der Waals surface area contributed by atoms with Crippen LogP contribution in [-0.4, -0.2) is 5.16 Å². The molecule has 3 aromatic rings. The molecule has 0 unspecified atom stereocenters. The van der Waals surface area contributed by atoms with Gasteiger partial charge in [0.15, 0.2) is 5.76 Å². The minimum absolute atomic E-state index is 0.377. The number of nitrogens with two attached hydrogens (primary N) is 1. The molecule has 4 nitrogen and oxygen atoms in total. The number of hydrogen-bond donors (Lipinski definition) is 1. The molecule has 1 aromatic heterocycles. The van der Waals surface area contributed by atoms with Crippen LogP contribution in [0.15, 0.2) is 65.2 Å². The van der Waals surface area contributed by atoms with Crippen LogP contribution in [0, 0.1) is 0 Å². The first-order chi connectivity index (χ1) is 10.3. The van der Waals surface area contributed by atoms with E-state index in [4.69, 9.17) is 15.0 Å². The van der Waals surface area contributed by atoms with Gasteiger partial charge in [0.05, 0.1) is 5.69 Å². The van der Waals surface area contributed by atoms with Crippen LogP contribution in [0.1, 0.15) is 11.3 Å². The molecule has 0 fully saturated rings. The Hall–Kier alpha value is -2.59. The van der Waals surface area contributed by atoms with Crippen molar-refractivity contribution in [3.63, 3.8) is 0 Å². The zero-order valence-electron chi connectivity index (χ0n) is 11.5. The Labute approximate surface area is 123 Å². The summed E-state index contributed by atoms with van der Waals surface area (Å²) in [5, 5.41) is 3.88. The van der Waals surface area contributed by atoms with E-state index in [1.54, 1.807) is 0 Å². The van der Waals surface area contributed by atoms with Crippen LogP contribution in [-0.2, 0) is 13.2 Å². The van der Waals surface area contributed by atoms with Crippen molar-refractivity contribution in [1.29, 1.82) is 0 Å². The van der Waals surface area contributed by atoms with Gasteiger partial charge in [0, 0.05) is 18.2 Å². The van der Waals surface area contributed by atoms with E-state index in [9.17, 15) is 0 Å². The summed E-state index contributed by atoms with van der Waals surface area (Å²) in [6.07, 6.45) is 0. The van der Waals surface area contributed by atoms with E-state index in [2.05, 4.69) is 5.16 Å². The molecule has 0 atom stereocenters. The molecular weight excluding hydrogens is 264 g/mol. The molecule has 21 heavy (non-hydrogen) atoms. The van der Waals surface area contributed by atoms with Crippen molar-refractivity contribution < 1.29 is 9.26 Å². The zero-order chi connectivity index (χ0) is 14.5. The Kier molecular flexibility index (Phi) is 3.98. The van der Waals surface area contributed by atoms with Gasteiger partial charge in [-0.05, 0) is 29.8 Å². The first kappa shape index (κ1) is 13.4. The fourth-order valence-electron chi connectivity index (χ4n) is 2.00. The minimum atomic E-state index is 0.377. The molecule has 2 aromatic carbocycles. The lowest BCUT2D eigenvalue weighted by Crippen LogP contribution is -1.95. The maximum Gasteiger partial charge on any atom is 0.167 e. The van der Waals surface area contributed by atoms with Crippen LogP contribution < -0.4 is 10.5 Å². The third-order valence-electron chi connectivity index (χ3n) is 3.16. The van der Waals surface area contributed by atoms with E-state index in [1.165, 1.54) is 0 Å². The van der Waals surface area contributed by atoms with Crippen LogP contribution >= 0.6 is 0 Å². The Morgan fingerprint density at radius 1 is 1.00 bits per heavy atom. The highest BCUT2D eigenvalue weighted by atomic mass is 16.5. The average Bonchev–Trinajstić information content (AvgIpc) is 3.03. The third-order valence-corrected chi connectivity index (χ3v) is 3.16. The van der Waals surface area contributed by atoms with Gasteiger partial charge >= 0.3 is 0 Å². The van der Waals surface area contributed by atoms with E-state index in [0.29, 0.717) is 18.9 Å². The minimum Gasteiger partial charge on any atom is -0.489 e. The highest BCUT2D eigenvalue weighted by Crippen LogP contribution is 2.23. The SMILES string of the molecule is NCc1cc(-c2ccc(OCc3ccccc3)cc2)on1. The topological polar surface area (TPSA) is 61.3 Å². The lowest BCUT2D eigenvalue weighted by atomic mass is 10.1. The molecule has 2 N–H and O–H groups in total. The van der Waals surface area contributed by atoms with E-state index in [0.717, 1.165) is 22.6 Å². The number of nitrogens with zero attached hydrogens (tertiary/aromatic N) is 1. The molecule has 0 radical (unpaired) electrons. The van der Waals surface area contributed by atoms with Gasteiger partial charge < -0.3 is 15.0 Å². The molecule has 0 aliphatic carbocycles. The Morgan fingerprint density at radius 3 is 2.43 bits per heavy atom. The summed E-state index contributed by atoms with van der Waals surface area (Å²) in [5.74, 6) is 1.53. The molecule has 106 valence electrons. The van der Waals surface area contributed by atoms with E-state index in [-0.39, 0.29) is 0 Å². The van der Waals surface area contributed by atoms with Gasteiger partial charge in [-0.1, -0.05) is 35.5 Å². The summed E-state index contributed by atoms with van der Waals surface area (Å²) in [5.41, 5.74) is 8.36. The highest BCUT2D eigenvalue weighted by molar-refractivity contribution is 5.58. The fraction of sp³-hybridized carbons (Fsp3) is 0.118. The molecule has 3 rings (SSSR count). The van der Waals surface area contributed by atoms with Crippen LogP contribution in [0.3, 0.4) is 0 Å². The van der Waals surface area contributed by atoms with Crippen LogP contribution in [0.4, 0.5) is 0 Å². The summed E-state index contributed by atoms with van der Waals surface area (Å²) in [6, 6.07) is 19.6. The maximum absolute atomic E-state index is 5.74. The molecule has 0 saturated heterocycles.